The highest BCUT2D eigenvalue weighted by atomic mass is 16.5. The van der Waals surface area contributed by atoms with Gasteiger partial charge in [-0.2, -0.15) is 0 Å². The minimum absolute atomic E-state index is 0.149. The largest absolute Gasteiger partial charge is 0.379 e. The van der Waals surface area contributed by atoms with Crippen LogP contribution in [0.1, 0.15) is 31.2 Å². The van der Waals surface area contributed by atoms with Gasteiger partial charge in [0.1, 0.15) is 0 Å². The smallest absolute Gasteiger partial charge is 0.220 e. The lowest BCUT2D eigenvalue weighted by Gasteiger charge is -2.23. The number of aromatic nitrogens is 1. The summed E-state index contributed by atoms with van der Waals surface area (Å²) in [5.41, 5.74) is 2.58. The first kappa shape index (κ1) is 15.1. The maximum absolute atomic E-state index is 12.0. The van der Waals surface area contributed by atoms with Crippen molar-refractivity contribution >= 4 is 16.8 Å². The average molecular weight is 300 g/mol. The van der Waals surface area contributed by atoms with Crippen molar-refractivity contribution in [2.75, 3.05) is 13.2 Å². The van der Waals surface area contributed by atoms with Crippen LogP contribution in [0.25, 0.3) is 10.9 Å². The lowest BCUT2D eigenvalue weighted by atomic mass is 10.1. The minimum atomic E-state index is 0.149. The molecule has 1 aromatic carbocycles. The quantitative estimate of drug-likeness (QED) is 0.922. The van der Waals surface area contributed by atoms with Gasteiger partial charge in [-0.25, -0.2) is 0 Å². The number of carbonyl (C=O) groups excluding carboxylic acids is 1. The second kappa shape index (κ2) is 6.97. The van der Waals surface area contributed by atoms with Crippen molar-refractivity contribution in [2.45, 2.75) is 38.1 Å². The topological polar surface area (TPSA) is 43.3 Å². The summed E-state index contributed by atoms with van der Waals surface area (Å²) < 4.78 is 7.55. The Morgan fingerprint density at radius 2 is 2.27 bits per heavy atom. The van der Waals surface area contributed by atoms with Crippen LogP contribution in [0, 0.1) is 0 Å². The van der Waals surface area contributed by atoms with Gasteiger partial charge in [-0.3, -0.25) is 4.79 Å². The molecule has 0 saturated carbocycles. The van der Waals surface area contributed by atoms with Crippen LogP contribution in [-0.4, -0.2) is 29.7 Å². The van der Waals surface area contributed by atoms with Crippen LogP contribution >= 0.6 is 0 Å². The van der Waals surface area contributed by atoms with Crippen molar-refractivity contribution in [3.63, 3.8) is 0 Å². The van der Waals surface area contributed by atoms with E-state index in [4.69, 9.17) is 4.74 Å². The third kappa shape index (κ3) is 3.50. The molecule has 2 aromatic rings. The summed E-state index contributed by atoms with van der Waals surface area (Å²) in [6.07, 6.45) is 6.66. The van der Waals surface area contributed by atoms with Gasteiger partial charge in [0.15, 0.2) is 0 Å². The number of rotatable bonds is 5. The van der Waals surface area contributed by atoms with Crippen molar-refractivity contribution in [1.82, 2.24) is 9.88 Å². The number of ether oxygens (including phenoxy) is 1. The van der Waals surface area contributed by atoms with E-state index < -0.39 is 0 Å². The normalized spacial score (nSPS) is 18.5. The Hall–Kier alpha value is -1.81. The van der Waals surface area contributed by atoms with Gasteiger partial charge < -0.3 is 14.6 Å². The van der Waals surface area contributed by atoms with E-state index in [9.17, 15) is 4.79 Å². The van der Waals surface area contributed by atoms with E-state index >= 15 is 0 Å². The fraction of sp³-hybridized carbons (Fsp3) is 0.500. The number of hydrogen-bond donors (Lipinski definition) is 1. The molecule has 0 unspecified atom stereocenters. The fourth-order valence-electron chi connectivity index (χ4n) is 3.22. The van der Waals surface area contributed by atoms with Crippen molar-refractivity contribution in [3.05, 3.63) is 36.0 Å². The van der Waals surface area contributed by atoms with Crippen LogP contribution in [0.5, 0.6) is 0 Å². The van der Waals surface area contributed by atoms with E-state index in [2.05, 4.69) is 47.4 Å². The minimum Gasteiger partial charge on any atom is -0.379 e. The number of amides is 1. The first-order chi connectivity index (χ1) is 10.7. The Labute approximate surface area is 131 Å². The van der Waals surface area contributed by atoms with Crippen molar-refractivity contribution in [3.8, 4) is 0 Å². The second-order valence-electron chi connectivity index (χ2n) is 6.12. The molecule has 1 atom stereocenters. The van der Waals surface area contributed by atoms with Gasteiger partial charge in [-0.05, 0) is 37.3 Å². The molecular weight excluding hydrogens is 276 g/mol. The number of carbonyl (C=O) groups is 1. The molecule has 0 aliphatic carbocycles. The first-order valence-electron chi connectivity index (χ1n) is 8.14. The van der Waals surface area contributed by atoms with Crippen molar-refractivity contribution in [2.24, 2.45) is 7.05 Å². The molecule has 3 rings (SSSR count). The van der Waals surface area contributed by atoms with Crippen LogP contribution in [0.4, 0.5) is 0 Å². The summed E-state index contributed by atoms with van der Waals surface area (Å²) in [4.78, 5) is 12.0. The highest BCUT2D eigenvalue weighted by Gasteiger charge is 2.16. The lowest BCUT2D eigenvalue weighted by molar-refractivity contribution is -0.122. The van der Waals surface area contributed by atoms with Gasteiger partial charge in [-0.15, -0.1) is 0 Å². The maximum Gasteiger partial charge on any atom is 0.220 e. The molecule has 0 spiro atoms. The van der Waals surface area contributed by atoms with Crippen molar-refractivity contribution < 1.29 is 9.53 Å². The van der Waals surface area contributed by atoms with E-state index in [0.717, 1.165) is 32.3 Å². The molecule has 1 aromatic heterocycles. The lowest BCUT2D eigenvalue weighted by Crippen LogP contribution is -2.40. The summed E-state index contributed by atoms with van der Waals surface area (Å²) in [5, 5.41) is 4.38. The fourth-order valence-corrected chi connectivity index (χ4v) is 3.22. The Balaban J connectivity index is 1.50. The molecule has 118 valence electrons. The molecule has 1 N–H and O–H groups in total. The number of benzene rings is 1. The van der Waals surface area contributed by atoms with Crippen molar-refractivity contribution in [1.29, 1.82) is 0 Å². The van der Waals surface area contributed by atoms with E-state index in [0.29, 0.717) is 13.0 Å². The van der Waals surface area contributed by atoms with Gasteiger partial charge in [0.2, 0.25) is 5.91 Å². The monoisotopic (exact) mass is 300 g/mol. The highest BCUT2D eigenvalue weighted by Crippen LogP contribution is 2.21. The molecule has 1 aliphatic rings. The molecular formula is C18H24N2O2. The average Bonchev–Trinajstić information content (AvgIpc) is 2.85. The molecule has 1 saturated heterocycles. The summed E-state index contributed by atoms with van der Waals surface area (Å²) >= 11 is 0. The third-order valence-corrected chi connectivity index (χ3v) is 4.35. The zero-order chi connectivity index (χ0) is 15.4. The highest BCUT2D eigenvalue weighted by molar-refractivity contribution is 5.84. The molecule has 0 bridgehead atoms. The summed E-state index contributed by atoms with van der Waals surface area (Å²) in [5.74, 6) is 0.149. The van der Waals surface area contributed by atoms with Gasteiger partial charge >= 0.3 is 0 Å². The first-order valence-corrected chi connectivity index (χ1v) is 8.14. The van der Waals surface area contributed by atoms with Crippen LogP contribution < -0.4 is 5.32 Å². The van der Waals surface area contributed by atoms with E-state index in [1.165, 1.54) is 16.5 Å². The standard InChI is InChI=1S/C18H24N2O2/c1-20-12-14(16-8-2-3-9-17(16)20)6-4-10-18(21)19-15-7-5-11-22-13-15/h2-3,8-9,12,15H,4-7,10-11,13H2,1H3,(H,19,21)/t15-/m1/s1. The predicted octanol–water partition coefficient (Wildman–Crippen LogP) is 2.80. The molecule has 0 radical (unpaired) electrons. The van der Waals surface area contributed by atoms with Crippen LogP contribution in [0.3, 0.4) is 0 Å². The maximum atomic E-state index is 12.0. The molecule has 1 amide bonds. The van der Waals surface area contributed by atoms with Gasteiger partial charge in [0.25, 0.3) is 0 Å². The number of fused-ring (bicyclic) bond motifs is 1. The SMILES string of the molecule is Cn1cc(CCCC(=O)N[C@@H]2CCCOC2)c2ccccc21. The predicted molar refractivity (Wildman–Crippen MR) is 87.8 cm³/mol. The van der Waals surface area contributed by atoms with Gasteiger partial charge in [-0.1, -0.05) is 18.2 Å². The van der Waals surface area contributed by atoms with Crippen LogP contribution in [0.2, 0.25) is 0 Å². The van der Waals surface area contributed by atoms with Crippen LogP contribution in [-0.2, 0) is 23.0 Å². The Morgan fingerprint density at radius 3 is 3.09 bits per heavy atom. The van der Waals surface area contributed by atoms with E-state index in [-0.39, 0.29) is 11.9 Å². The number of hydrogen-bond acceptors (Lipinski definition) is 2. The number of nitrogens with zero attached hydrogens (tertiary/aromatic N) is 1. The Morgan fingerprint density at radius 1 is 1.41 bits per heavy atom. The number of nitrogens with one attached hydrogen (secondary N) is 1. The second-order valence-corrected chi connectivity index (χ2v) is 6.12. The Bertz CT molecular complexity index is 642. The van der Waals surface area contributed by atoms with E-state index in [1.54, 1.807) is 0 Å². The molecule has 1 fully saturated rings. The summed E-state index contributed by atoms with van der Waals surface area (Å²) in [7, 11) is 2.07. The molecule has 4 heteroatoms. The molecule has 1 aliphatic heterocycles. The molecule has 4 nitrogen and oxygen atoms in total. The van der Waals surface area contributed by atoms with Gasteiger partial charge in [0, 0.05) is 37.2 Å². The third-order valence-electron chi connectivity index (χ3n) is 4.35. The summed E-state index contributed by atoms with van der Waals surface area (Å²) in [6, 6.07) is 8.63. The van der Waals surface area contributed by atoms with E-state index in [1.807, 2.05) is 0 Å². The molecule has 22 heavy (non-hydrogen) atoms. The zero-order valence-electron chi connectivity index (χ0n) is 13.2. The van der Waals surface area contributed by atoms with Gasteiger partial charge in [0.05, 0.1) is 12.6 Å². The number of para-hydroxylation sites is 1. The Kier molecular flexibility index (Phi) is 4.78. The zero-order valence-corrected chi connectivity index (χ0v) is 13.2. The number of aryl methyl sites for hydroxylation is 2. The van der Waals surface area contributed by atoms with Crippen LogP contribution in [0.15, 0.2) is 30.5 Å². The summed E-state index contributed by atoms with van der Waals surface area (Å²) in [6.45, 7) is 1.49. The molecule has 2 heterocycles.